The molecule has 0 aliphatic heterocycles. The van der Waals surface area contributed by atoms with Crippen molar-refractivity contribution in [3.63, 3.8) is 0 Å². The van der Waals surface area contributed by atoms with E-state index in [-0.39, 0.29) is 11.7 Å². The number of aliphatic hydroxyl groups is 1. The number of carbonyl (C=O) groups is 1. The van der Waals surface area contributed by atoms with Crippen LogP contribution in [0.3, 0.4) is 0 Å². The van der Waals surface area contributed by atoms with Crippen LogP contribution in [0.1, 0.15) is 47.5 Å². The van der Waals surface area contributed by atoms with Crippen LogP contribution in [-0.2, 0) is 0 Å². The molecular formula is C14H18O4. The van der Waals surface area contributed by atoms with Crippen LogP contribution >= 0.6 is 0 Å². The van der Waals surface area contributed by atoms with E-state index < -0.39 is 5.97 Å². The summed E-state index contributed by atoms with van der Waals surface area (Å²) in [5, 5.41) is 18.6. The Balaban J connectivity index is 2.24. The molecule has 0 spiro atoms. The normalized spacial score (nSPS) is 23.7. The zero-order chi connectivity index (χ0) is 13.1. The van der Waals surface area contributed by atoms with E-state index in [4.69, 9.17) is 9.84 Å². The van der Waals surface area contributed by atoms with Gasteiger partial charge in [0.2, 0.25) is 0 Å². The minimum atomic E-state index is -0.968. The molecule has 0 unspecified atom stereocenters. The van der Waals surface area contributed by atoms with Crippen LogP contribution in [0, 0.1) is 0 Å². The largest absolute Gasteiger partial charge is 0.496 e. The average Bonchev–Trinajstić information content (AvgIpc) is 2.39. The molecule has 0 aromatic heterocycles. The number of ether oxygens (including phenoxy) is 1. The molecule has 4 heteroatoms. The highest BCUT2D eigenvalue weighted by molar-refractivity contribution is 5.91. The summed E-state index contributed by atoms with van der Waals surface area (Å²) in [6.45, 7) is 0. The molecule has 18 heavy (non-hydrogen) atoms. The molecule has 2 rings (SSSR count). The predicted molar refractivity (Wildman–Crippen MR) is 67.2 cm³/mol. The van der Waals surface area contributed by atoms with Gasteiger partial charge in [0.1, 0.15) is 11.3 Å². The van der Waals surface area contributed by atoms with E-state index in [9.17, 15) is 9.90 Å². The number of methoxy groups -OCH3 is 1. The summed E-state index contributed by atoms with van der Waals surface area (Å²) in [7, 11) is 1.47. The predicted octanol–water partition coefficient (Wildman–Crippen LogP) is 2.41. The minimum absolute atomic E-state index is 0.196. The lowest BCUT2D eigenvalue weighted by molar-refractivity contribution is 0.0693. The first-order valence-corrected chi connectivity index (χ1v) is 6.21. The van der Waals surface area contributed by atoms with E-state index in [0.29, 0.717) is 11.7 Å². The number of carboxylic acid groups (broad SMARTS) is 1. The summed E-state index contributed by atoms with van der Waals surface area (Å²) in [6, 6.07) is 5.33. The maximum atomic E-state index is 11.1. The number of benzene rings is 1. The average molecular weight is 250 g/mol. The molecule has 0 atom stereocenters. The maximum absolute atomic E-state index is 11.1. The third-order valence-electron chi connectivity index (χ3n) is 3.62. The molecular weight excluding hydrogens is 232 g/mol. The summed E-state index contributed by atoms with van der Waals surface area (Å²) >= 11 is 0. The van der Waals surface area contributed by atoms with Crippen molar-refractivity contribution in [2.24, 2.45) is 0 Å². The van der Waals surface area contributed by atoms with Crippen molar-refractivity contribution in [3.8, 4) is 5.75 Å². The lowest BCUT2D eigenvalue weighted by Gasteiger charge is -2.26. The van der Waals surface area contributed by atoms with E-state index in [1.54, 1.807) is 12.1 Å². The Morgan fingerprint density at radius 3 is 2.50 bits per heavy atom. The Kier molecular flexibility index (Phi) is 3.87. The Morgan fingerprint density at radius 2 is 1.94 bits per heavy atom. The molecule has 1 aliphatic carbocycles. The molecule has 98 valence electrons. The highest BCUT2D eigenvalue weighted by Gasteiger charge is 2.22. The summed E-state index contributed by atoms with van der Waals surface area (Å²) in [4.78, 5) is 11.1. The van der Waals surface area contributed by atoms with Gasteiger partial charge >= 0.3 is 5.97 Å². The van der Waals surface area contributed by atoms with Crippen molar-refractivity contribution in [1.82, 2.24) is 0 Å². The fourth-order valence-corrected chi connectivity index (χ4v) is 2.56. The van der Waals surface area contributed by atoms with Crippen molar-refractivity contribution < 1.29 is 19.7 Å². The first kappa shape index (κ1) is 12.9. The lowest BCUT2D eigenvalue weighted by Crippen LogP contribution is -2.17. The van der Waals surface area contributed by atoms with Crippen LogP contribution in [-0.4, -0.2) is 29.4 Å². The summed E-state index contributed by atoms with van der Waals surface area (Å²) in [6.07, 6.45) is 3.20. The molecule has 4 nitrogen and oxygen atoms in total. The highest BCUT2D eigenvalue weighted by atomic mass is 16.5. The molecule has 1 saturated carbocycles. The van der Waals surface area contributed by atoms with Gasteiger partial charge in [0.25, 0.3) is 0 Å². The van der Waals surface area contributed by atoms with Crippen LogP contribution in [0.4, 0.5) is 0 Å². The third kappa shape index (κ3) is 2.64. The number of aliphatic hydroxyl groups excluding tert-OH is 1. The molecule has 1 fully saturated rings. The van der Waals surface area contributed by atoms with Crippen molar-refractivity contribution >= 4 is 5.97 Å². The summed E-state index contributed by atoms with van der Waals surface area (Å²) < 4.78 is 5.05. The number of aromatic carboxylic acids is 1. The second-order valence-corrected chi connectivity index (χ2v) is 4.77. The molecule has 0 amide bonds. The highest BCUT2D eigenvalue weighted by Crippen LogP contribution is 2.34. The van der Waals surface area contributed by atoms with Crippen molar-refractivity contribution in [3.05, 3.63) is 29.3 Å². The second kappa shape index (κ2) is 5.40. The standard InChI is InChI=1S/C14H18O4/c1-18-13-7-4-10(8-12(13)14(16)17)9-2-5-11(15)6-3-9/h4,7-9,11,15H,2-3,5-6H2,1H3,(H,16,17). The van der Waals surface area contributed by atoms with Gasteiger partial charge in [-0.1, -0.05) is 6.07 Å². The van der Waals surface area contributed by atoms with Gasteiger partial charge in [-0.2, -0.15) is 0 Å². The number of rotatable bonds is 3. The van der Waals surface area contributed by atoms with Gasteiger partial charge in [-0.05, 0) is 49.3 Å². The molecule has 0 saturated heterocycles. The molecule has 0 radical (unpaired) electrons. The summed E-state index contributed by atoms with van der Waals surface area (Å²) in [5.74, 6) is -0.232. The smallest absolute Gasteiger partial charge is 0.339 e. The number of hydrogen-bond donors (Lipinski definition) is 2. The van der Waals surface area contributed by atoms with Gasteiger partial charge in [-0.15, -0.1) is 0 Å². The Labute approximate surface area is 106 Å². The Morgan fingerprint density at radius 1 is 1.28 bits per heavy atom. The third-order valence-corrected chi connectivity index (χ3v) is 3.62. The van der Waals surface area contributed by atoms with E-state index in [0.717, 1.165) is 31.2 Å². The van der Waals surface area contributed by atoms with Gasteiger partial charge in [0.05, 0.1) is 13.2 Å². The van der Waals surface area contributed by atoms with Crippen LogP contribution in [0.5, 0.6) is 5.75 Å². The fourth-order valence-electron chi connectivity index (χ4n) is 2.56. The van der Waals surface area contributed by atoms with E-state index in [1.807, 2.05) is 6.07 Å². The van der Waals surface area contributed by atoms with Gasteiger partial charge in [-0.3, -0.25) is 0 Å². The van der Waals surface area contributed by atoms with Crippen LogP contribution in [0.2, 0.25) is 0 Å². The van der Waals surface area contributed by atoms with Crippen molar-refractivity contribution in [2.75, 3.05) is 7.11 Å². The monoisotopic (exact) mass is 250 g/mol. The lowest BCUT2D eigenvalue weighted by atomic mass is 9.82. The SMILES string of the molecule is COc1ccc(C2CCC(O)CC2)cc1C(=O)O. The molecule has 2 N–H and O–H groups in total. The second-order valence-electron chi connectivity index (χ2n) is 4.77. The van der Waals surface area contributed by atoms with Gasteiger partial charge in [0.15, 0.2) is 0 Å². The van der Waals surface area contributed by atoms with E-state index in [1.165, 1.54) is 7.11 Å². The Bertz CT molecular complexity index is 433. The quantitative estimate of drug-likeness (QED) is 0.864. The number of carboxylic acids is 1. The van der Waals surface area contributed by atoms with E-state index in [2.05, 4.69) is 0 Å². The Hall–Kier alpha value is -1.55. The summed E-state index contributed by atoms with van der Waals surface area (Å²) in [5.41, 5.74) is 1.24. The molecule has 0 heterocycles. The molecule has 1 aliphatic rings. The maximum Gasteiger partial charge on any atom is 0.339 e. The zero-order valence-electron chi connectivity index (χ0n) is 10.4. The van der Waals surface area contributed by atoms with Crippen LogP contribution in [0.15, 0.2) is 18.2 Å². The van der Waals surface area contributed by atoms with Crippen molar-refractivity contribution in [2.45, 2.75) is 37.7 Å². The van der Waals surface area contributed by atoms with Gasteiger partial charge < -0.3 is 14.9 Å². The first-order chi connectivity index (χ1) is 8.61. The molecule has 0 bridgehead atoms. The van der Waals surface area contributed by atoms with E-state index >= 15 is 0 Å². The number of hydrogen-bond acceptors (Lipinski definition) is 3. The minimum Gasteiger partial charge on any atom is -0.496 e. The molecule has 1 aromatic rings. The fraction of sp³-hybridized carbons (Fsp3) is 0.500. The first-order valence-electron chi connectivity index (χ1n) is 6.21. The zero-order valence-corrected chi connectivity index (χ0v) is 10.4. The van der Waals surface area contributed by atoms with Crippen molar-refractivity contribution in [1.29, 1.82) is 0 Å². The van der Waals surface area contributed by atoms with Crippen LogP contribution in [0.25, 0.3) is 0 Å². The van der Waals surface area contributed by atoms with Crippen LogP contribution < -0.4 is 4.74 Å². The topological polar surface area (TPSA) is 66.8 Å². The van der Waals surface area contributed by atoms with Gasteiger partial charge in [-0.25, -0.2) is 4.79 Å². The van der Waals surface area contributed by atoms with Gasteiger partial charge in [0, 0.05) is 0 Å². The molecule has 1 aromatic carbocycles.